The molecule has 0 radical (unpaired) electrons. The normalized spacial score (nSPS) is 21.4. The van der Waals surface area contributed by atoms with Crippen LogP contribution in [0.4, 0.5) is 5.00 Å². The number of fused-ring (bicyclic) bond motifs is 1. The second-order valence-corrected chi connectivity index (χ2v) is 8.04. The predicted molar refractivity (Wildman–Crippen MR) is 100 cm³/mol. The molecule has 1 aromatic heterocycles. The van der Waals surface area contributed by atoms with Gasteiger partial charge in [0.1, 0.15) is 5.00 Å². The van der Waals surface area contributed by atoms with Crippen LogP contribution in [0.25, 0.3) is 0 Å². The Morgan fingerprint density at radius 3 is 2.78 bits per heavy atom. The van der Waals surface area contributed by atoms with Crippen molar-refractivity contribution in [2.45, 2.75) is 52.1 Å². The van der Waals surface area contributed by atoms with Crippen LogP contribution in [-0.2, 0) is 36.6 Å². The molecule has 1 N–H and O–H groups in total. The lowest BCUT2D eigenvalue weighted by atomic mass is 9.88. The number of ether oxygens (including phenoxy) is 3. The van der Waals surface area contributed by atoms with E-state index in [4.69, 9.17) is 14.2 Å². The molecule has 8 heteroatoms. The highest BCUT2D eigenvalue weighted by atomic mass is 32.1. The molecular formula is C19H25NO6S. The lowest BCUT2D eigenvalue weighted by Gasteiger charge is -2.18. The van der Waals surface area contributed by atoms with E-state index in [0.717, 1.165) is 36.1 Å². The van der Waals surface area contributed by atoms with E-state index in [2.05, 4.69) is 12.2 Å². The van der Waals surface area contributed by atoms with Crippen molar-refractivity contribution in [3.8, 4) is 0 Å². The Labute approximate surface area is 162 Å². The van der Waals surface area contributed by atoms with Crippen molar-refractivity contribution in [1.82, 2.24) is 0 Å². The molecule has 0 bridgehead atoms. The fraction of sp³-hybridized carbons (Fsp3) is 0.632. The van der Waals surface area contributed by atoms with Gasteiger partial charge in [0.25, 0.3) is 5.91 Å². The van der Waals surface area contributed by atoms with Crippen molar-refractivity contribution in [3.63, 3.8) is 0 Å². The zero-order chi connectivity index (χ0) is 19.4. The van der Waals surface area contributed by atoms with Gasteiger partial charge >= 0.3 is 11.9 Å². The van der Waals surface area contributed by atoms with Gasteiger partial charge in [-0.05, 0) is 50.5 Å². The third-order valence-corrected chi connectivity index (χ3v) is 5.95. The summed E-state index contributed by atoms with van der Waals surface area (Å²) in [6.07, 6.45) is 3.53. The van der Waals surface area contributed by atoms with Gasteiger partial charge in [-0.25, -0.2) is 9.59 Å². The summed E-state index contributed by atoms with van der Waals surface area (Å²) in [6, 6.07) is 0. The van der Waals surface area contributed by atoms with E-state index in [-0.39, 0.29) is 6.61 Å². The van der Waals surface area contributed by atoms with E-state index in [1.54, 1.807) is 6.92 Å². The van der Waals surface area contributed by atoms with Crippen LogP contribution in [0.15, 0.2) is 0 Å². The minimum atomic E-state index is -0.580. The molecule has 1 fully saturated rings. The third-order valence-electron chi connectivity index (χ3n) is 4.78. The predicted octanol–water partition coefficient (Wildman–Crippen LogP) is 2.71. The van der Waals surface area contributed by atoms with E-state index in [9.17, 15) is 14.4 Å². The molecule has 148 valence electrons. The minimum absolute atomic E-state index is 0.270. The first-order valence-electron chi connectivity index (χ1n) is 9.39. The zero-order valence-corrected chi connectivity index (χ0v) is 16.5. The number of hydrogen-bond acceptors (Lipinski definition) is 7. The summed E-state index contributed by atoms with van der Waals surface area (Å²) in [5.41, 5.74) is 1.42. The molecule has 0 aromatic carbocycles. The largest absolute Gasteiger partial charge is 0.462 e. The van der Waals surface area contributed by atoms with Crippen molar-refractivity contribution in [2.24, 2.45) is 5.92 Å². The second kappa shape index (κ2) is 8.84. The SMILES string of the molecule is CCOC(=O)c1c(NC(=O)COC(=O)[C@@H]2CCCO2)sc2c1CC[C@@H](C)C2. The highest BCUT2D eigenvalue weighted by molar-refractivity contribution is 7.17. The Hall–Kier alpha value is -1.93. The first-order valence-corrected chi connectivity index (χ1v) is 10.2. The molecule has 0 saturated carbocycles. The third kappa shape index (κ3) is 4.68. The van der Waals surface area contributed by atoms with Crippen molar-refractivity contribution < 1.29 is 28.6 Å². The van der Waals surface area contributed by atoms with Crippen molar-refractivity contribution in [2.75, 3.05) is 25.1 Å². The summed E-state index contributed by atoms with van der Waals surface area (Å²) < 4.78 is 15.5. The van der Waals surface area contributed by atoms with Crippen molar-refractivity contribution in [1.29, 1.82) is 0 Å². The van der Waals surface area contributed by atoms with Crippen molar-refractivity contribution >= 4 is 34.2 Å². The van der Waals surface area contributed by atoms with Gasteiger partial charge in [0.15, 0.2) is 12.7 Å². The summed E-state index contributed by atoms with van der Waals surface area (Å²) in [5.74, 6) is -0.871. The van der Waals surface area contributed by atoms with E-state index in [0.29, 0.717) is 29.5 Å². The second-order valence-electron chi connectivity index (χ2n) is 6.93. The fourth-order valence-electron chi connectivity index (χ4n) is 3.41. The standard InChI is InChI=1S/C19H25NO6S/c1-3-24-19(23)16-12-7-6-11(2)9-14(12)27-17(16)20-15(21)10-26-18(22)13-5-4-8-25-13/h11,13H,3-10H2,1-2H3,(H,20,21)/t11-,13+/m1/s1. The van der Waals surface area contributed by atoms with E-state index >= 15 is 0 Å². The van der Waals surface area contributed by atoms with E-state index in [1.807, 2.05) is 0 Å². The monoisotopic (exact) mass is 395 g/mol. The van der Waals surface area contributed by atoms with E-state index < -0.39 is 30.6 Å². The number of carbonyl (C=O) groups is 3. The summed E-state index contributed by atoms with van der Waals surface area (Å²) in [4.78, 5) is 37.7. The van der Waals surface area contributed by atoms with Crippen LogP contribution in [0.3, 0.4) is 0 Å². The summed E-state index contributed by atoms with van der Waals surface area (Å²) in [6.45, 7) is 4.33. The quantitative estimate of drug-likeness (QED) is 0.745. The van der Waals surface area contributed by atoms with Gasteiger partial charge in [0, 0.05) is 11.5 Å². The van der Waals surface area contributed by atoms with Gasteiger partial charge in [-0.2, -0.15) is 0 Å². The van der Waals surface area contributed by atoms with Crippen LogP contribution in [0.2, 0.25) is 0 Å². The molecule has 1 amide bonds. The van der Waals surface area contributed by atoms with Gasteiger partial charge in [0.2, 0.25) is 0 Å². The number of hydrogen-bond donors (Lipinski definition) is 1. The molecule has 3 rings (SSSR count). The maximum absolute atomic E-state index is 12.4. The summed E-state index contributed by atoms with van der Waals surface area (Å²) in [5, 5.41) is 3.21. The zero-order valence-electron chi connectivity index (χ0n) is 15.7. The molecule has 0 spiro atoms. The molecule has 1 saturated heterocycles. The average molecular weight is 395 g/mol. The molecule has 1 aliphatic heterocycles. The van der Waals surface area contributed by atoms with Gasteiger partial charge in [-0.3, -0.25) is 4.79 Å². The number of carbonyl (C=O) groups excluding carboxylic acids is 3. The molecule has 2 atom stereocenters. The van der Waals surface area contributed by atoms with Gasteiger partial charge in [-0.1, -0.05) is 6.92 Å². The Bertz CT molecular complexity index is 722. The molecule has 1 aromatic rings. The first kappa shape index (κ1) is 19.8. The van der Waals surface area contributed by atoms with Gasteiger partial charge in [0.05, 0.1) is 12.2 Å². The molecule has 7 nitrogen and oxygen atoms in total. The average Bonchev–Trinajstić information content (AvgIpc) is 3.27. The van der Waals surface area contributed by atoms with Crippen LogP contribution in [0.5, 0.6) is 0 Å². The van der Waals surface area contributed by atoms with Crippen LogP contribution in [0.1, 0.15) is 53.9 Å². The maximum atomic E-state index is 12.4. The lowest BCUT2D eigenvalue weighted by molar-refractivity contribution is -0.156. The molecule has 1 aliphatic carbocycles. The summed E-state index contributed by atoms with van der Waals surface area (Å²) in [7, 11) is 0. The number of amides is 1. The fourth-order valence-corrected chi connectivity index (χ4v) is 4.83. The highest BCUT2D eigenvalue weighted by Crippen LogP contribution is 2.40. The molecular weight excluding hydrogens is 370 g/mol. The summed E-state index contributed by atoms with van der Waals surface area (Å²) >= 11 is 1.41. The number of anilines is 1. The minimum Gasteiger partial charge on any atom is -0.462 e. The topological polar surface area (TPSA) is 90.9 Å². The Balaban J connectivity index is 1.68. The van der Waals surface area contributed by atoms with Gasteiger partial charge in [-0.15, -0.1) is 11.3 Å². The Morgan fingerprint density at radius 2 is 2.07 bits per heavy atom. The number of esters is 2. The van der Waals surface area contributed by atoms with Crippen molar-refractivity contribution in [3.05, 3.63) is 16.0 Å². The van der Waals surface area contributed by atoms with Crippen LogP contribution in [-0.4, -0.2) is 43.8 Å². The number of thiophene rings is 1. The highest BCUT2D eigenvalue weighted by Gasteiger charge is 2.30. The van der Waals surface area contributed by atoms with Crippen LogP contribution < -0.4 is 5.32 Å². The Morgan fingerprint density at radius 1 is 1.26 bits per heavy atom. The maximum Gasteiger partial charge on any atom is 0.341 e. The van der Waals surface area contributed by atoms with Gasteiger partial charge < -0.3 is 19.5 Å². The first-order chi connectivity index (χ1) is 13.0. The van der Waals surface area contributed by atoms with E-state index in [1.165, 1.54) is 11.3 Å². The molecule has 0 unspecified atom stereocenters. The molecule has 2 heterocycles. The smallest absolute Gasteiger partial charge is 0.341 e. The Kier molecular flexibility index (Phi) is 6.49. The lowest BCUT2D eigenvalue weighted by Crippen LogP contribution is -2.27. The van der Waals surface area contributed by atoms with Crippen LogP contribution in [0, 0.1) is 5.92 Å². The number of rotatable bonds is 6. The molecule has 27 heavy (non-hydrogen) atoms. The molecule has 2 aliphatic rings. The number of nitrogens with one attached hydrogen (secondary N) is 1. The van der Waals surface area contributed by atoms with Crippen LogP contribution >= 0.6 is 11.3 Å².